The second-order valence-electron chi connectivity index (χ2n) is 9.74. The standard InChI is InChI=1S/C18H30.C16H34/c1-3-5-7-9-11-13-15-17-18-16-14-12-10-8-6-4-2;1-3-5-7-9-11-13-15-16-14-12-10-8-6-4-2/h5,7,11-14,17-18H,3-4,6,8-10,15-16H2,1-2H3;3-16H2,1-2H3/b7-5+,13-11+,14-12+,18-17+;. The molecule has 0 nitrogen and oxygen atoms in total. The van der Waals surface area contributed by atoms with Gasteiger partial charge in [-0.2, -0.15) is 0 Å². The summed E-state index contributed by atoms with van der Waals surface area (Å²) in [5, 5.41) is 0. The van der Waals surface area contributed by atoms with Crippen LogP contribution in [0.2, 0.25) is 0 Å². The van der Waals surface area contributed by atoms with Crippen LogP contribution in [0.5, 0.6) is 0 Å². The first kappa shape index (κ1) is 35.1. The van der Waals surface area contributed by atoms with E-state index in [9.17, 15) is 0 Å². The second-order valence-corrected chi connectivity index (χ2v) is 9.74. The van der Waals surface area contributed by atoms with Crippen LogP contribution in [-0.2, 0) is 0 Å². The van der Waals surface area contributed by atoms with Crippen molar-refractivity contribution in [3.05, 3.63) is 48.6 Å². The number of hydrogen-bond acceptors (Lipinski definition) is 0. The summed E-state index contributed by atoms with van der Waals surface area (Å²) in [4.78, 5) is 0. The first-order chi connectivity index (χ1) is 16.8. The largest absolute Gasteiger partial charge is 0.0885 e. The van der Waals surface area contributed by atoms with E-state index in [-0.39, 0.29) is 0 Å². The van der Waals surface area contributed by atoms with Gasteiger partial charge in [0.2, 0.25) is 0 Å². The van der Waals surface area contributed by atoms with Gasteiger partial charge >= 0.3 is 0 Å². The zero-order valence-corrected chi connectivity index (χ0v) is 24.2. The van der Waals surface area contributed by atoms with Crippen molar-refractivity contribution in [2.24, 2.45) is 0 Å². The lowest BCUT2D eigenvalue weighted by atomic mass is 10.0. The lowest BCUT2D eigenvalue weighted by molar-refractivity contribution is 0.538. The van der Waals surface area contributed by atoms with Gasteiger partial charge in [0.05, 0.1) is 0 Å². The van der Waals surface area contributed by atoms with Crippen LogP contribution in [0, 0.1) is 0 Å². The average molecular weight is 473 g/mol. The van der Waals surface area contributed by atoms with Gasteiger partial charge < -0.3 is 0 Å². The number of rotatable bonds is 24. The Morgan fingerprint density at radius 3 is 0.941 bits per heavy atom. The van der Waals surface area contributed by atoms with Crippen LogP contribution < -0.4 is 0 Å². The maximum absolute atomic E-state index is 2.31. The third kappa shape index (κ3) is 38.2. The molecule has 200 valence electrons. The molecule has 0 N–H and O–H groups in total. The normalized spacial score (nSPS) is 11.9. The first-order valence-electron chi connectivity index (χ1n) is 15.4. The molecule has 0 aliphatic rings. The number of unbranched alkanes of at least 4 members (excludes halogenated alkanes) is 16. The van der Waals surface area contributed by atoms with E-state index in [4.69, 9.17) is 0 Å². The molecule has 0 radical (unpaired) electrons. The van der Waals surface area contributed by atoms with E-state index in [1.807, 2.05) is 0 Å². The Labute approximate surface area is 217 Å². The SMILES string of the molecule is CC/C=C/C/C=C/C/C=C/C/C=C/CCCCC.CCCCCCCCCCCCCCCC. The molecule has 0 rings (SSSR count). The zero-order valence-electron chi connectivity index (χ0n) is 24.2. The van der Waals surface area contributed by atoms with E-state index < -0.39 is 0 Å². The molecule has 0 aromatic heterocycles. The minimum absolute atomic E-state index is 1.06. The van der Waals surface area contributed by atoms with Gasteiger partial charge in [-0.25, -0.2) is 0 Å². The molecule has 0 atom stereocenters. The topological polar surface area (TPSA) is 0 Å². The molecule has 0 fully saturated rings. The van der Waals surface area contributed by atoms with E-state index in [0.29, 0.717) is 0 Å². The molecule has 34 heavy (non-hydrogen) atoms. The highest BCUT2D eigenvalue weighted by Crippen LogP contribution is 2.12. The molecular formula is C34H64. The fourth-order valence-electron chi connectivity index (χ4n) is 3.88. The number of hydrogen-bond donors (Lipinski definition) is 0. The van der Waals surface area contributed by atoms with Gasteiger partial charge in [0, 0.05) is 0 Å². The van der Waals surface area contributed by atoms with Crippen molar-refractivity contribution in [1.82, 2.24) is 0 Å². The van der Waals surface area contributed by atoms with Crippen LogP contribution >= 0.6 is 0 Å². The van der Waals surface area contributed by atoms with Gasteiger partial charge in [-0.3, -0.25) is 0 Å². The minimum Gasteiger partial charge on any atom is -0.0885 e. The van der Waals surface area contributed by atoms with E-state index in [1.54, 1.807) is 0 Å². The third-order valence-corrected chi connectivity index (χ3v) is 6.15. The molecule has 0 bridgehead atoms. The monoisotopic (exact) mass is 473 g/mol. The number of allylic oxidation sites excluding steroid dienone is 8. The molecule has 0 heterocycles. The Morgan fingerprint density at radius 1 is 0.294 bits per heavy atom. The van der Waals surface area contributed by atoms with Gasteiger partial charge in [-0.05, 0) is 38.5 Å². The van der Waals surface area contributed by atoms with Gasteiger partial charge in [0.25, 0.3) is 0 Å². The van der Waals surface area contributed by atoms with Gasteiger partial charge in [-0.1, -0.05) is 179 Å². The summed E-state index contributed by atoms with van der Waals surface area (Å²) in [6, 6.07) is 0. The highest BCUT2D eigenvalue weighted by Gasteiger charge is 1.92. The smallest absolute Gasteiger partial charge is 0.0169 e. The molecule has 0 heteroatoms. The highest BCUT2D eigenvalue weighted by atomic mass is 14.0. The maximum atomic E-state index is 2.31. The molecule has 0 spiro atoms. The summed E-state index contributed by atoms with van der Waals surface area (Å²) >= 11 is 0. The Hall–Kier alpha value is -1.04. The fourth-order valence-corrected chi connectivity index (χ4v) is 3.88. The summed E-state index contributed by atoms with van der Waals surface area (Å²) in [6.07, 6.45) is 48.0. The molecule has 0 aromatic rings. The quantitative estimate of drug-likeness (QED) is 0.0967. The molecule has 0 aliphatic carbocycles. The van der Waals surface area contributed by atoms with Crippen LogP contribution in [0.15, 0.2) is 48.6 Å². The Balaban J connectivity index is 0. The summed E-state index contributed by atoms with van der Waals surface area (Å²) < 4.78 is 0. The second kappa shape index (κ2) is 36.5. The summed E-state index contributed by atoms with van der Waals surface area (Å²) in [7, 11) is 0. The van der Waals surface area contributed by atoms with Crippen LogP contribution in [-0.4, -0.2) is 0 Å². The predicted octanol–water partition coefficient (Wildman–Crippen LogP) is 12.9. The zero-order chi connectivity index (χ0) is 25.2. The van der Waals surface area contributed by atoms with E-state index in [1.165, 1.54) is 116 Å². The summed E-state index contributed by atoms with van der Waals surface area (Å²) in [5.41, 5.74) is 0. The fraction of sp³-hybridized carbons (Fsp3) is 0.765. The predicted molar refractivity (Wildman–Crippen MR) is 161 cm³/mol. The Morgan fingerprint density at radius 2 is 0.588 bits per heavy atom. The van der Waals surface area contributed by atoms with Crippen molar-refractivity contribution in [2.75, 3.05) is 0 Å². The van der Waals surface area contributed by atoms with Gasteiger partial charge in [0.1, 0.15) is 0 Å². The van der Waals surface area contributed by atoms with Crippen molar-refractivity contribution in [2.45, 2.75) is 169 Å². The van der Waals surface area contributed by atoms with Gasteiger partial charge in [0.15, 0.2) is 0 Å². The molecule has 0 aromatic carbocycles. The maximum Gasteiger partial charge on any atom is -0.0169 e. The van der Waals surface area contributed by atoms with Crippen molar-refractivity contribution in [1.29, 1.82) is 0 Å². The Kier molecular flexibility index (Phi) is 37.7. The molecule has 0 saturated carbocycles. The third-order valence-electron chi connectivity index (χ3n) is 6.15. The molecule has 0 unspecified atom stereocenters. The lowest BCUT2D eigenvalue weighted by Crippen LogP contribution is -1.82. The lowest BCUT2D eigenvalue weighted by Gasteiger charge is -2.02. The van der Waals surface area contributed by atoms with Crippen molar-refractivity contribution < 1.29 is 0 Å². The molecule has 0 amide bonds. The average Bonchev–Trinajstić information content (AvgIpc) is 2.85. The van der Waals surface area contributed by atoms with E-state index in [0.717, 1.165) is 25.7 Å². The minimum atomic E-state index is 1.06. The first-order valence-corrected chi connectivity index (χ1v) is 15.4. The summed E-state index contributed by atoms with van der Waals surface area (Å²) in [5.74, 6) is 0. The summed E-state index contributed by atoms with van der Waals surface area (Å²) in [6.45, 7) is 8.99. The van der Waals surface area contributed by atoms with Gasteiger partial charge in [-0.15, -0.1) is 0 Å². The van der Waals surface area contributed by atoms with Crippen LogP contribution in [0.1, 0.15) is 169 Å². The van der Waals surface area contributed by atoms with Crippen molar-refractivity contribution in [3.8, 4) is 0 Å². The van der Waals surface area contributed by atoms with Crippen LogP contribution in [0.4, 0.5) is 0 Å². The van der Waals surface area contributed by atoms with Crippen molar-refractivity contribution in [3.63, 3.8) is 0 Å². The molecular weight excluding hydrogens is 408 g/mol. The highest BCUT2D eigenvalue weighted by molar-refractivity contribution is 4.99. The van der Waals surface area contributed by atoms with E-state index >= 15 is 0 Å². The van der Waals surface area contributed by atoms with E-state index in [2.05, 4.69) is 76.3 Å². The van der Waals surface area contributed by atoms with Crippen LogP contribution in [0.3, 0.4) is 0 Å². The molecule has 0 saturated heterocycles. The van der Waals surface area contributed by atoms with Crippen molar-refractivity contribution >= 4 is 0 Å². The van der Waals surface area contributed by atoms with Crippen LogP contribution in [0.25, 0.3) is 0 Å². The Bertz CT molecular complexity index is 423. The molecule has 0 aliphatic heterocycles.